The van der Waals surface area contributed by atoms with Crippen LogP contribution in [-0.4, -0.2) is 30.9 Å². The molecule has 1 aromatic rings. The zero-order valence-electron chi connectivity index (χ0n) is 11.5. The van der Waals surface area contributed by atoms with Gasteiger partial charge in [0.15, 0.2) is 0 Å². The molecule has 1 heterocycles. The largest absolute Gasteiger partial charge is 0.339 e. The van der Waals surface area contributed by atoms with Crippen LogP contribution in [0.2, 0.25) is 5.02 Å². The zero-order valence-corrected chi connectivity index (χ0v) is 12.3. The van der Waals surface area contributed by atoms with Gasteiger partial charge in [-0.15, -0.1) is 0 Å². The molecule has 19 heavy (non-hydrogen) atoms. The van der Waals surface area contributed by atoms with Gasteiger partial charge in [-0.2, -0.15) is 0 Å². The van der Waals surface area contributed by atoms with Crippen molar-refractivity contribution in [2.45, 2.75) is 25.8 Å². The minimum absolute atomic E-state index is 0.00289. The van der Waals surface area contributed by atoms with Gasteiger partial charge in [0.05, 0.1) is 12.0 Å². The highest BCUT2D eigenvalue weighted by molar-refractivity contribution is 6.31. The molecule has 1 aromatic carbocycles. The second-order valence-corrected chi connectivity index (χ2v) is 5.60. The van der Waals surface area contributed by atoms with Gasteiger partial charge in [-0.05, 0) is 37.9 Å². The summed E-state index contributed by atoms with van der Waals surface area (Å²) < 4.78 is 0. The first-order valence-electron chi connectivity index (χ1n) is 6.83. The number of piperidine rings is 1. The Labute approximate surface area is 119 Å². The summed E-state index contributed by atoms with van der Waals surface area (Å²) in [4.78, 5) is 14.3. The second-order valence-electron chi connectivity index (χ2n) is 5.19. The Bertz CT molecular complexity index is 444. The van der Waals surface area contributed by atoms with E-state index in [1.54, 1.807) is 0 Å². The lowest BCUT2D eigenvalue weighted by Gasteiger charge is -2.31. The fourth-order valence-corrected chi connectivity index (χ4v) is 2.86. The van der Waals surface area contributed by atoms with Crippen LogP contribution in [0.3, 0.4) is 0 Å². The first kappa shape index (κ1) is 14.4. The van der Waals surface area contributed by atoms with Crippen LogP contribution in [-0.2, 0) is 4.79 Å². The summed E-state index contributed by atoms with van der Waals surface area (Å²) in [6.07, 6.45) is 2.05. The van der Waals surface area contributed by atoms with Crippen molar-refractivity contribution in [2.24, 2.45) is 5.92 Å². The molecule has 1 amide bonds. The van der Waals surface area contributed by atoms with E-state index >= 15 is 0 Å². The molecular weight excluding hydrogens is 260 g/mol. The Morgan fingerprint density at radius 3 is 2.84 bits per heavy atom. The molecule has 0 bridgehead atoms. The zero-order chi connectivity index (χ0) is 13.8. The molecular formula is C15H21ClN2O. The van der Waals surface area contributed by atoms with Crippen molar-refractivity contribution < 1.29 is 4.79 Å². The van der Waals surface area contributed by atoms with Crippen LogP contribution in [0.1, 0.15) is 31.4 Å². The van der Waals surface area contributed by atoms with Crippen LogP contribution < -0.4 is 5.32 Å². The first-order chi connectivity index (χ1) is 9.11. The molecule has 2 rings (SSSR count). The number of hydrogen-bond donors (Lipinski definition) is 1. The lowest BCUT2D eigenvalue weighted by molar-refractivity contribution is -0.136. The minimum Gasteiger partial charge on any atom is -0.339 e. The van der Waals surface area contributed by atoms with Gasteiger partial charge < -0.3 is 10.2 Å². The molecule has 0 aromatic heterocycles. The van der Waals surface area contributed by atoms with E-state index in [-0.39, 0.29) is 17.9 Å². The Hall–Kier alpha value is -1.06. The molecule has 2 atom stereocenters. The summed E-state index contributed by atoms with van der Waals surface area (Å²) >= 11 is 6.20. The summed E-state index contributed by atoms with van der Waals surface area (Å²) in [7, 11) is 1.87. The van der Waals surface area contributed by atoms with Gasteiger partial charge in [-0.3, -0.25) is 4.79 Å². The van der Waals surface area contributed by atoms with Crippen LogP contribution in [0.15, 0.2) is 24.3 Å². The van der Waals surface area contributed by atoms with Crippen LogP contribution in [0, 0.1) is 5.92 Å². The third kappa shape index (κ3) is 3.28. The number of benzene rings is 1. The molecule has 0 radical (unpaired) electrons. The maximum absolute atomic E-state index is 12.5. The molecule has 1 aliphatic heterocycles. The van der Waals surface area contributed by atoms with E-state index in [2.05, 4.69) is 5.32 Å². The number of rotatable bonds is 3. The van der Waals surface area contributed by atoms with Gasteiger partial charge in [0.25, 0.3) is 0 Å². The quantitative estimate of drug-likeness (QED) is 0.923. The molecule has 0 spiro atoms. The van der Waals surface area contributed by atoms with E-state index in [0.29, 0.717) is 0 Å². The summed E-state index contributed by atoms with van der Waals surface area (Å²) in [5.41, 5.74) is 1.00. The predicted octanol–water partition coefficient (Wildman–Crippen LogP) is 2.86. The van der Waals surface area contributed by atoms with Gasteiger partial charge in [-0.25, -0.2) is 0 Å². The number of hydrogen-bond acceptors (Lipinski definition) is 2. The van der Waals surface area contributed by atoms with Crippen LogP contribution in [0.25, 0.3) is 0 Å². The van der Waals surface area contributed by atoms with Gasteiger partial charge in [0.2, 0.25) is 5.91 Å². The monoisotopic (exact) mass is 280 g/mol. The minimum atomic E-state index is 0.00289. The molecule has 0 aliphatic carbocycles. The maximum atomic E-state index is 12.5. The van der Waals surface area contributed by atoms with E-state index in [9.17, 15) is 4.79 Å². The van der Waals surface area contributed by atoms with E-state index in [1.165, 1.54) is 0 Å². The summed E-state index contributed by atoms with van der Waals surface area (Å²) in [6, 6.07) is 7.72. The van der Waals surface area contributed by atoms with Crippen molar-refractivity contribution in [3.05, 3.63) is 34.9 Å². The molecule has 1 aliphatic rings. The highest BCUT2D eigenvalue weighted by Crippen LogP contribution is 2.27. The molecule has 1 saturated heterocycles. The van der Waals surface area contributed by atoms with Crippen molar-refractivity contribution >= 4 is 17.5 Å². The fraction of sp³-hybridized carbons (Fsp3) is 0.533. The molecule has 1 N–H and O–H groups in total. The lowest BCUT2D eigenvalue weighted by Crippen LogP contribution is -2.42. The first-order valence-corrected chi connectivity index (χ1v) is 7.21. The molecule has 4 heteroatoms. The van der Waals surface area contributed by atoms with Crippen LogP contribution >= 0.6 is 11.6 Å². The number of nitrogens with zero attached hydrogens (tertiary/aromatic N) is 1. The average molecular weight is 281 g/mol. The van der Waals surface area contributed by atoms with E-state index in [4.69, 9.17) is 11.6 Å². The number of carbonyl (C=O) groups excluding carboxylic acids is 1. The molecule has 104 valence electrons. The fourth-order valence-electron chi connectivity index (χ4n) is 2.56. The summed E-state index contributed by atoms with van der Waals surface area (Å²) in [5, 5.41) is 4.01. The van der Waals surface area contributed by atoms with Crippen molar-refractivity contribution in [1.82, 2.24) is 10.2 Å². The van der Waals surface area contributed by atoms with Crippen molar-refractivity contribution in [1.29, 1.82) is 0 Å². The van der Waals surface area contributed by atoms with Crippen LogP contribution in [0.5, 0.6) is 0 Å². The third-order valence-corrected chi connectivity index (χ3v) is 4.27. The number of carbonyl (C=O) groups is 1. The number of nitrogens with one attached hydrogen (secondary N) is 1. The second kappa shape index (κ2) is 6.40. The normalized spacial score (nSPS) is 20.9. The molecule has 3 nitrogen and oxygen atoms in total. The number of amides is 1. The van der Waals surface area contributed by atoms with Crippen LogP contribution in [0.4, 0.5) is 0 Å². The Morgan fingerprint density at radius 2 is 2.21 bits per heavy atom. The Morgan fingerprint density at radius 1 is 1.47 bits per heavy atom. The van der Waals surface area contributed by atoms with Gasteiger partial charge >= 0.3 is 0 Å². The van der Waals surface area contributed by atoms with Gasteiger partial charge in [0.1, 0.15) is 0 Å². The van der Waals surface area contributed by atoms with Gasteiger partial charge in [-0.1, -0.05) is 29.8 Å². The molecule has 0 saturated carbocycles. The maximum Gasteiger partial charge on any atom is 0.227 e. The van der Waals surface area contributed by atoms with Gasteiger partial charge in [0, 0.05) is 18.6 Å². The van der Waals surface area contributed by atoms with Crippen molar-refractivity contribution in [3.8, 4) is 0 Å². The van der Waals surface area contributed by atoms with Crippen molar-refractivity contribution in [2.75, 3.05) is 20.1 Å². The SMILES string of the molecule is C[C@@H](c1ccccc1Cl)N(C)C(=O)[C@@H]1CCCNC1. The standard InChI is InChI=1S/C15H21ClN2O/c1-11(13-7-3-4-8-14(13)16)18(2)15(19)12-6-5-9-17-10-12/h3-4,7-8,11-12,17H,5-6,9-10H2,1-2H3/t11-,12+/m0/s1. The highest BCUT2D eigenvalue weighted by atomic mass is 35.5. The molecule has 0 unspecified atom stereocenters. The Kier molecular flexibility index (Phi) is 4.83. The lowest BCUT2D eigenvalue weighted by atomic mass is 9.97. The highest BCUT2D eigenvalue weighted by Gasteiger charge is 2.27. The predicted molar refractivity (Wildman–Crippen MR) is 78.2 cm³/mol. The third-order valence-electron chi connectivity index (χ3n) is 3.93. The Balaban J connectivity index is 2.08. The smallest absolute Gasteiger partial charge is 0.227 e. The summed E-state index contributed by atoms with van der Waals surface area (Å²) in [6.45, 7) is 3.83. The molecule has 1 fully saturated rings. The topological polar surface area (TPSA) is 32.3 Å². The van der Waals surface area contributed by atoms with Crippen molar-refractivity contribution in [3.63, 3.8) is 0 Å². The average Bonchev–Trinajstić information content (AvgIpc) is 2.46. The summed E-state index contributed by atoms with van der Waals surface area (Å²) in [5.74, 6) is 0.309. The van der Waals surface area contributed by atoms with E-state index < -0.39 is 0 Å². The number of halogens is 1. The van der Waals surface area contributed by atoms with E-state index in [0.717, 1.165) is 36.5 Å². The van der Waals surface area contributed by atoms with E-state index in [1.807, 2.05) is 43.1 Å².